The number of nitrogens with two attached hydrogens (primary N) is 1. The molecule has 1 amide bonds. The predicted octanol–water partition coefficient (Wildman–Crippen LogP) is 3.04. The summed E-state index contributed by atoms with van der Waals surface area (Å²) in [6.07, 6.45) is 0. The largest absolute Gasteiger partial charge is 0.399 e. The fourth-order valence-electron chi connectivity index (χ4n) is 1.88. The molecule has 0 spiro atoms. The summed E-state index contributed by atoms with van der Waals surface area (Å²) in [5.41, 5.74) is 6.42. The Balaban J connectivity index is 2.15. The first-order valence-corrected chi connectivity index (χ1v) is 6.08. The Morgan fingerprint density at radius 1 is 1.15 bits per heavy atom. The second-order valence-electron chi connectivity index (χ2n) is 4.52. The Morgan fingerprint density at radius 2 is 1.90 bits per heavy atom. The maximum Gasteiger partial charge on any atom is 0.251 e. The highest BCUT2D eigenvalue weighted by Crippen LogP contribution is 2.16. The first kappa shape index (κ1) is 14.0. The molecule has 0 radical (unpaired) electrons. The highest BCUT2D eigenvalue weighted by atomic mass is 19.1. The summed E-state index contributed by atoms with van der Waals surface area (Å²) < 4.78 is 26.3. The van der Waals surface area contributed by atoms with Gasteiger partial charge in [0.25, 0.3) is 5.91 Å². The fraction of sp³-hybridized carbons (Fsp3) is 0.133. The van der Waals surface area contributed by atoms with Crippen LogP contribution < -0.4 is 11.1 Å². The van der Waals surface area contributed by atoms with Crippen LogP contribution in [0.4, 0.5) is 14.5 Å². The average molecular weight is 276 g/mol. The number of nitrogens with one attached hydrogen (secondary N) is 1. The van der Waals surface area contributed by atoms with Gasteiger partial charge in [-0.2, -0.15) is 0 Å². The van der Waals surface area contributed by atoms with Crippen molar-refractivity contribution in [2.75, 3.05) is 5.73 Å². The van der Waals surface area contributed by atoms with E-state index in [1.54, 1.807) is 19.1 Å². The smallest absolute Gasteiger partial charge is 0.251 e. The van der Waals surface area contributed by atoms with Crippen LogP contribution >= 0.6 is 0 Å². The first-order valence-electron chi connectivity index (χ1n) is 6.08. The number of anilines is 1. The van der Waals surface area contributed by atoms with E-state index in [2.05, 4.69) is 5.32 Å². The molecule has 2 rings (SSSR count). The Bertz CT molecular complexity index is 623. The van der Waals surface area contributed by atoms with Crippen LogP contribution in [0.15, 0.2) is 42.5 Å². The predicted molar refractivity (Wildman–Crippen MR) is 73.1 cm³/mol. The molecular weight excluding hydrogens is 262 g/mol. The van der Waals surface area contributed by atoms with Crippen LogP contribution in [0.5, 0.6) is 0 Å². The quantitative estimate of drug-likeness (QED) is 0.847. The van der Waals surface area contributed by atoms with Crippen molar-refractivity contribution in [1.29, 1.82) is 0 Å². The van der Waals surface area contributed by atoms with Crippen molar-refractivity contribution in [1.82, 2.24) is 5.32 Å². The van der Waals surface area contributed by atoms with E-state index >= 15 is 0 Å². The number of nitrogen functional groups attached to an aromatic ring is 1. The standard InChI is InChI=1S/C15H14F2N2O/c1-9(10-3-2-4-12(16)5-10)19-15(20)11-6-13(17)8-14(18)7-11/h2-9H,18H2,1H3,(H,19,20). The third kappa shape index (κ3) is 3.32. The Hall–Kier alpha value is -2.43. The molecule has 0 saturated heterocycles. The molecule has 0 saturated carbocycles. The summed E-state index contributed by atoms with van der Waals surface area (Å²) in [6, 6.07) is 9.15. The molecule has 0 aromatic heterocycles. The monoisotopic (exact) mass is 276 g/mol. The molecule has 2 aromatic carbocycles. The zero-order chi connectivity index (χ0) is 14.7. The minimum Gasteiger partial charge on any atom is -0.399 e. The van der Waals surface area contributed by atoms with E-state index in [0.717, 1.165) is 12.1 Å². The van der Waals surface area contributed by atoms with Crippen molar-refractivity contribution in [3.8, 4) is 0 Å². The number of amides is 1. The van der Waals surface area contributed by atoms with Crippen molar-refractivity contribution in [3.63, 3.8) is 0 Å². The summed E-state index contributed by atoms with van der Waals surface area (Å²) in [6.45, 7) is 1.72. The van der Waals surface area contributed by atoms with Crippen LogP contribution in [0.25, 0.3) is 0 Å². The molecule has 104 valence electrons. The van der Waals surface area contributed by atoms with Gasteiger partial charge in [0, 0.05) is 11.3 Å². The van der Waals surface area contributed by atoms with Crippen LogP contribution in [-0.4, -0.2) is 5.91 Å². The molecule has 20 heavy (non-hydrogen) atoms. The topological polar surface area (TPSA) is 55.1 Å². The average Bonchev–Trinajstić information content (AvgIpc) is 2.37. The number of halogens is 2. The molecule has 0 bridgehead atoms. The highest BCUT2D eigenvalue weighted by molar-refractivity contribution is 5.95. The van der Waals surface area contributed by atoms with Gasteiger partial charge in [0.2, 0.25) is 0 Å². The second-order valence-corrected chi connectivity index (χ2v) is 4.52. The van der Waals surface area contributed by atoms with Gasteiger partial charge in [0.15, 0.2) is 0 Å². The lowest BCUT2D eigenvalue weighted by atomic mass is 10.1. The SMILES string of the molecule is CC(NC(=O)c1cc(N)cc(F)c1)c1cccc(F)c1. The summed E-state index contributed by atoms with van der Waals surface area (Å²) >= 11 is 0. The number of rotatable bonds is 3. The number of hydrogen-bond acceptors (Lipinski definition) is 2. The van der Waals surface area contributed by atoms with Crippen LogP contribution in [0.2, 0.25) is 0 Å². The molecule has 0 aliphatic heterocycles. The number of carbonyl (C=O) groups is 1. The van der Waals surface area contributed by atoms with Crippen molar-refractivity contribution >= 4 is 11.6 Å². The Labute approximate surface area is 115 Å². The highest BCUT2D eigenvalue weighted by Gasteiger charge is 2.13. The van der Waals surface area contributed by atoms with Crippen LogP contribution in [0.1, 0.15) is 28.9 Å². The van der Waals surface area contributed by atoms with Crippen molar-refractivity contribution in [2.45, 2.75) is 13.0 Å². The number of carbonyl (C=O) groups excluding carboxylic acids is 1. The van der Waals surface area contributed by atoms with Crippen molar-refractivity contribution < 1.29 is 13.6 Å². The molecule has 0 fully saturated rings. The van der Waals surface area contributed by atoms with E-state index in [1.165, 1.54) is 18.2 Å². The van der Waals surface area contributed by atoms with Gasteiger partial charge in [0.1, 0.15) is 11.6 Å². The van der Waals surface area contributed by atoms with Crippen LogP contribution in [0, 0.1) is 11.6 Å². The summed E-state index contributed by atoms with van der Waals surface area (Å²) in [4.78, 5) is 12.0. The maximum atomic E-state index is 13.2. The molecule has 5 heteroatoms. The molecule has 1 unspecified atom stereocenters. The maximum absolute atomic E-state index is 13.2. The molecule has 0 aliphatic rings. The van der Waals surface area contributed by atoms with Gasteiger partial charge in [0.05, 0.1) is 6.04 Å². The Kier molecular flexibility index (Phi) is 3.98. The summed E-state index contributed by atoms with van der Waals surface area (Å²) in [7, 11) is 0. The van der Waals surface area contributed by atoms with E-state index in [9.17, 15) is 13.6 Å². The van der Waals surface area contributed by atoms with Crippen molar-refractivity contribution in [3.05, 3.63) is 65.2 Å². The third-order valence-electron chi connectivity index (χ3n) is 2.88. The number of benzene rings is 2. The zero-order valence-corrected chi connectivity index (χ0v) is 10.9. The van der Waals surface area contributed by atoms with Gasteiger partial charge in [-0.15, -0.1) is 0 Å². The molecule has 3 nitrogen and oxygen atoms in total. The van der Waals surface area contributed by atoms with E-state index in [0.29, 0.717) is 5.56 Å². The van der Waals surface area contributed by atoms with Crippen LogP contribution in [-0.2, 0) is 0 Å². The van der Waals surface area contributed by atoms with Gasteiger partial charge >= 0.3 is 0 Å². The molecular formula is C15H14F2N2O. The van der Waals surface area contributed by atoms with Gasteiger partial charge < -0.3 is 11.1 Å². The van der Waals surface area contributed by atoms with Gasteiger partial charge in [-0.3, -0.25) is 4.79 Å². The lowest BCUT2D eigenvalue weighted by Crippen LogP contribution is -2.26. The zero-order valence-electron chi connectivity index (χ0n) is 10.9. The van der Waals surface area contributed by atoms with Crippen molar-refractivity contribution in [2.24, 2.45) is 0 Å². The van der Waals surface area contributed by atoms with Gasteiger partial charge in [-0.05, 0) is 42.8 Å². The Morgan fingerprint density at radius 3 is 2.55 bits per heavy atom. The molecule has 3 N–H and O–H groups in total. The normalized spacial score (nSPS) is 11.9. The first-order chi connectivity index (χ1) is 9.45. The van der Waals surface area contributed by atoms with E-state index < -0.39 is 17.8 Å². The third-order valence-corrected chi connectivity index (χ3v) is 2.88. The van der Waals surface area contributed by atoms with E-state index in [-0.39, 0.29) is 17.1 Å². The number of hydrogen-bond donors (Lipinski definition) is 2. The van der Waals surface area contributed by atoms with Gasteiger partial charge in [-0.1, -0.05) is 12.1 Å². The molecule has 2 aromatic rings. The van der Waals surface area contributed by atoms with Gasteiger partial charge in [-0.25, -0.2) is 8.78 Å². The van der Waals surface area contributed by atoms with E-state index in [4.69, 9.17) is 5.73 Å². The van der Waals surface area contributed by atoms with E-state index in [1.807, 2.05) is 0 Å². The molecule has 0 heterocycles. The fourth-order valence-corrected chi connectivity index (χ4v) is 1.88. The minimum absolute atomic E-state index is 0.130. The second kappa shape index (κ2) is 5.69. The molecule has 1 atom stereocenters. The lowest BCUT2D eigenvalue weighted by Gasteiger charge is -2.14. The summed E-state index contributed by atoms with van der Waals surface area (Å²) in [5.74, 6) is -1.42. The lowest BCUT2D eigenvalue weighted by molar-refractivity contribution is 0.0939. The minimum atomic E-state index is -0.575. The van der Waals surface area contributed by atoms with Crippen LogP contribution in [0.3, 0.4) is 0 Å². The summed E-state index contributed by atoms with van der Waals surface area (Å²) in [5, 5.41) is 2.67. The molecule has 0 aliphatic carbocycles.